The van der Waals surface area contributed by atoms with Crippen LogP contribution in [0, 0.1) is 73.0 Å². The van der Waals surface area contributed by atoms with Gasteiger partial charge in [0.15, 0.2) is 11.6 Å². The fraction of sp³-hybridized carbons (Fsp3) is 0.0698. The van der Waals surface area contributed by atoms with Crippen LogP contribution >= 0.6 is 68.0 Å². The molecule has 0 bridgehead atoms. The van der Waals surface area contributed by atoms with Crippen LogP contribution in [0.2, 0.25) is 0 Å². The molecule has 0 atom stereocenters. The van der Waals surface area contributed by atoms with Gasteiger partial charge >= 0.3 is 0 Å². The summed E-state index contributed by atoms with van der Waals surface area (Å²) in [7, 11) is 0. The normalized spacial score (nSPS) is 15.1. The second-order valence-electron chi connectivity index (χ2n) is 25.5. The average Bonchev–Trinajstić information content (AvgIpc) is 1.49. The number of allylic oxidation sites excluding steroid dienone is 6. The van der Waals surface area contributed by atoms with Gasteiger partial charge in [-0.05, 0) is 167 Å². The minimum absolute atomic E-state index is 0.0790. The Bertz CT molecular complexity index is 5730. The maximum Gasteiger partial charge on any atom is 0.194 e. The van der Waals surface area contributed by atoms with Crippen LogP contribution in [0.25, 0.3) is 93.3 Å². The summed E-state index contributed by atoms with van der Waals surface area (Å²) in [5, 5.41) is 42.6. The molecule has 0 aliphatic heterocycles. The molecule has 6 nitrogen and oxygen atoms in total. The van der Waals surface area contributed by atoms with E-state index in [-0.39, 0.29) is 22.7 Å². The van der Waals surface area contributed by atoms with E-state index >= 15 is 0 Å². The molecule has 0 saturated heterocycles. The van der Waals surface area contributed by atoms with E-state index in [1.54, 1.807) is 57.5 Å². The van der Waals surface area contributed by atoms with Crippen LogP contribution < -0.4 is 0 Å². The minimum Gasteiger partial charge on any atom is -0.289 e. The lowest BCUT2D eigenvalue weighted by atomic mass is 9.66. The fourth-order valence-corrected chi connectivity index (χ4v) is 22.9. The summed E-state index contributed by atoms with van der Waals surface area (Å²) in [6, 6.07) is 82.3. The van der Waals surface area contributed by atoms with Crippen molar-refractivity contribution in [3.05, 3.63) is 327 Å². The number of carbonyl (C=O) groups is 2. The van der Waals surface area contributed by atoms with Gasteiger partial charge in [0.2, 0.25) is 0 Å². The highest BCUT2D eigenvalue weighted by Crippen LogP contribution is 2.69. The molecule has 14 aromatic rings. The molecule has 460 valence electrons. The molecule has 0 fully saturated rings. The predicted molar refractivity (Wildman–Crippen MR) is 404 cm³/mol. The lowest BCUT2D eigenvalue weighted by molar-refractivity contribution is 0.103. The van der Waals surface area contributed by atoms with Crippen LogP contribution in [0.4, 0.5) is 0 Å². The van der Waals surface area contributed by atoms with Gasteiger partial charge < -0.3 is 0 Å². The van der Waals surface area contributed by atoms with Crippen LogP contribution in [0.5, 0.6) is 0 Å². The van der Waals surface area contributed by atoms with Crippen molar-refractivity contribution in [3.8, 4) is 64.7 Å². The van der Waals surface area contributed by atoms with Crippen LogP contribution in [-0.2, 0) is 10.8 Å². The molecule has 6 aromatic heterocycles. The maximum absolute atomic E-state index is 14.0. The minimum atomic E-state index is -0.730. The summed E-state index contributed by atoms with van der Waals surface area (Å²) in [5.74, 6) is -0.388. The highest BCUT2D eigenvalue weighted by molar-refractivity contribution is 7.32. The molecule has 12 heteroatoms. The van der Waals surface area contributed by atoms with Gasteiger partial charge in [-0.25, -0.2) is 0 Å². The number of carbonyl (C=O) groups excluding carboxylic acids is 2. The molecule has 6 heterocycles. The van der Waals surface area contributed by atoms with Crippen molar-refractivity contribution in [2.24, 2.45) is 0 Å². The Hall–Kier alpha value is -11.0. The number of hydrogen-bond donors (Lipinski definition) is 0. The van der Waals surface area contributed by atoms with Crippen LogP contribution in [-0.4, -0.2) is 11.6 Å². The van der Waals surface area contributed by atoms with E-state index in [4.69, 9.17) is 0 Å². The van der Waals surface area contributed by atoms with Crippen molar-refractivity contribution in [3.63, 3.8) is 0 Å². The summed E-state index contributed by atoms with van der Waals surface area (Å²) in [4.78, 5) is 36.6. The number of Topliss-reactive ketones (excluding diaryl/α,β-unsaturated/α-hetero) is 2. The number of nitrogens with zero attached hydrogens (tertiary/aromatic N) is 4. The molecule has 18 rings (SSSR count). The average molecular weight is 1360 g/mol. The first-order valence-electron chi connectivity index (χ1n) is 31.9. The lowest BCUT2D eigenvalue weighted by Gasteiger charge is -2.34. The smallest absolute Gasteiger partial charge is 0.194 e. The van der Waals surface area contributed by atoms with Crippen molar-refractivity contribution in [2.45, 2.75) is 38.5 Å². The number of rotatable bonds is 8. The monoisotopic (exact) mass is 1360 g/mol. The summed E-state index contributed by atoms with van der Waals surface area (Å²) in [5.41, 5.74) is 19.2. The molecular weight excluding hydrogens is 1310 g/mol. The number of ketones is 2. The highest BCUT2D eigenvalue weighted by atomic mass is 32.1. The van der Waals surface area contributed by atoms with E-state index in [1.165, 1.54) is 106 Å². The molecule has 98 heavy (non-hydrogen) atoms. The largest absolute Gasteiger partial charge is 0.289 e. The SMILES string of the molecule is Cc1ccc(C2(c3ccc(C)cc3)c3cc4cc(-c5ccc(C=C6C(=O)c7ccccc7C6=C(C#N)C#N)s5)sc4cc3-c3sc4c5c(sc4c32)-c2cc3sc(-c4ccc(C=C6C(=O)c7ccccc7C6=C(C#N)C#N)s4)cc3cc2C5(c2ccc(C)cc2)c2ccc(C)cc2)cc1. The molecule has 4 aliphatic carbocycles. The molecule has 0 N–H and O–H groups in total. The van der Waals surface area contributed by atoms with Crippen molar-refractivity contribution >= 4 is 132 Å². The standard InChI is InChI=1S/C86H48N4O2S6/c1-45-13-21-53(22-14-45)85(54-23-15-46(2)16-24-54)67-33-49-35-73(69-31-29-57(93-69)37-65-75(51(41-87)42-88)59-9-5-7-11-61(59)79(65)91)95-71(49)39-63(67)81-77(85)83-84(97-81)78-82(98-83)64-40-72-50(34-68(64)86(78,55-25-17-47(3)18-26-55)56-27-19-48(4)20-28-56)36-74(96-72)70-32-30-58(94-70)38-66-76(52(43-89)44-90)60-10-6-8-12-62(60)80(66)92/h5-40H,1-4H3. The molecule has 0 amide bonds. The summed E-state index contributed by atoms with van der Waals surface area (Å²) >= 11 is 10.6. The Labute approximate surface area is 588 Å². The van der Waals surface area contributed by atoms with Crippen molar-refractivity contribution in [1.29, 1.82) is 21.0 Å². The number of hydrogen-bond acceptors (Lipinski definition) is 12. The van der Waals surface area contributed by atoms with E-state index in [2.05, 4.69) is 198 Å². The first-order valence-corrected chi connectivity index (χ1v) is 36.8. The highest BCUT2D eigenvalue weighted by Gasteiger charge is 2.54. The van der Waals surface area contributed by atoms with Crippen molar-refractivity contribution in [1.82, 2.24) is 0 Å². The number of thiophene rings is 6. The van der Waals surface area contributed by atoms with Gasteiger partial charge in [0, 0.05) is 93.0 Å². The Morgan fingerprint density at radius 3 is 1.03 bits per heavy atom. The van der Waals surface area contributed by atoms with E-state index in [1.807, 2.05) is 83.4 Å². The third-order valence-corrected chi connectivity index (χ3v) is 27.3. The first kappa shape index (κ1) is 59.5. The van der Waals surface area contributed by atoms with E-state index in [9.17, 15) is 30.6 Å². The molecule has 8 aromatic carbocycles. The maximum atomic E-state index is 14.0. The molecular formula is C86H48N4O2S6. The first-order chi connectivity index (χ1) is 47.8. The molecule has 0 unspecified atom stereocenters. The van der Waals surface area contributed by atoms with Gasteiger partial charge in [-0.3, -0.25) is 9.59 Å². The third kappa shape index (κ3) is 8.54. The zero-order valence-corrected chi connectivity index (χ0v) is 57.7. The number of fused-ring (bicyclic) bond motifs is 13. The molecule has 0 spiro atoms. The van der Waals surface area contributed by atoms with Gasteiger partial charge in [-0.1, -0.05) is 168 Å². The van der Waals surface area contributed by atoms with E-state index in [0.29, 0.717) is 44.5 Å². The summed E-state index contributed by atoms with van der Waals surface area (Å²) < 4.78 is 4.92. The second kappa shape index (κ2) is 22.3. The second-order valence-corrected chi connectivity index (χ2v) is 32.0. The summed E-state index contributed by atoms with van der Waals surface area (Å²) in [6.07, 6.45) is 3.68. The third-order valence-electron chi connectivity index (χ3n) is 20.0. The van der Waals surface area contributed by atoms with Crippen molar-refractivity contribution < 1.29 is 9.59 Å². The zero-order chi connectivity index (χ0) is 66.6. The lowest BCUT2D eigenvalue weighted by Crippen LogP contribution is -2.29. The number of aryl methyl sites for hydroxylation is 4. The molecule has 4 aliphatic rings. The fourth-order valence-electron chi connectivity index (χ4n) is 15.5. The summed E-state index contributed by atoms with van der Waals surface area (Å²) in [6.45, 7) is 8.65. The van der Waals surface area contributed by atoms with Crippen LogP contribution in [0.15, 0.2) is 229 Å². The van der Waals surface area contributed by atoms with Gasteiger partial charge in [0.05, 0.1) is 20.2 Å². The quantitative estimate of drug-likeness (QED) is 0.110. The van der Waals surface area contributed by atoms with Gasteiger partial charge in [-0.15, -0.1) is 68.0 Å². The Kier molecular flexibility index (Phi) is 13.5. The Morgan fingerprint density at radius 2 is 0.694 bits per heavy atom. The van der Waals surface area contributed by atoms with Gasteiger partial charge in [-0.2, -0.15) is 21.0 Å². The van der Waals surface area contributed by atoms with Gasteiger partial charge in [0.25, 0.3) is 0 Å². The number of nitriles is 4. The van der Waals surface area contributed by atoms with E-state index < -0.39 is 10.8 Å². The Morgan fingerprint density at radius 1 is 0.357 bits per heavy atom. The van der Waals surface area contributed by atoms with E-state index in [0.717, 1.165) is 40.0 Å². The Balaban J connectivity index is 0.836. The predicted octanol–water partition coefficient (Wildman–Crippen LogP) is 23.0. The van der Waals surface area contributed by atoms with Crippen LogP contribution in [0.1, 0.15) is 108 Å². The van der Waals surface area contributed by atoms with Crippen molar-refractivity contribution in [2.75, 3.05) is 0 Å². The zero-order valence-electron chi connectivity index (χ0n) is 52.8. The van der Waals surface area contributed by atoms with Gasteiger partial charge in [0.1, 0.15) is 35.4 Å². The molecule has 0 saturated carbocycles. The number of benzene rings is 8. The topological polar surface area (TPSA) is 129 Å². The van der Waals surface area contributed by atoms with Crippen LogP contribution in [0.3, 0.4) is 0 Å². The molecule has 0 radical (unpaired) electrons.